The lowest BCUT2D eigenvalue weighted by molar-refractivity contribution is -0.138. The van der Waals surface area contributed by atoms with E-state index in [0.717, 1.165) is 5.56 Å². The largest absolute Gasteiger partial charge is 0.373 e. The van der Waals surface area contributed by atoms with Crippen LogP contribution in [0.1, 0.15) is 25.3 Å². The van der Waals surface area contributed by atoms with Crippen molar-refractivity contribution in [2.75, 3.05) is 18.8 Å². The zero-order valence-corrected chi connectivity index (χ0v) is 14.8. The molecule has 1 saturated carbocycles. The van der Waals surface area contributed by atoms with Crippen molar-refractivity contribution < 1.29 is 23.9 Å². The Hall–Kier alpha value is -1.80. The standard InChI is InChI=1S/C19H22N2O5/c1-3-14(22)19-11-9-25-15(16(19)26-19)18(8-12(11)20)10-6-4-5-7-13(10)21(24-2)17(18)23/h4-7,11-12,15-16H,3,8-9,20H2,1-2H3/t11-,12-,15-,16-,18-,19-/m0/s1. The summed E-state index contributed by atoms with van der Waals surface area (Å²) in [4.78, 5) is 31.6. The van der Waals surface area contributed by atoms with Crippen LogP contribution in [0.15, 0.2) is 24.3 Å². The van der Waals surface area contributed by atoms with Crippen molar-refractivity contribution in [1.82, 2.24) is 0 Å². The summed E-state index contributed by atoms with van der Waals surface area (Å²) in [6.45, 7) is 2.16. The average Bonchev–Trinajstić information content (AvgIpc) is 3.40. The number of hydrogen-bond acceptors (Lipinski definition) is 6. The molecule has 1 spiro atoms. The van der Waals surface area contributed by atoms with Crippen LogP contribution >= 0.6 is 0 Å². The van der Waals surface area contributed by atoms with E-state index >= 15 is 0 Å². The Morgan fingerprint density at radius 3 is 2.88 bits per heavy atom. The molecule has 4 fully saturated rings. The minimum absolute atomic E-state index is 0.0515. The van der Waals surface area contributed by atoms with E-state index in [1.807, 2.05) is 31.2 Å². The van der Waals surface area contributed by atoms with Crippen LogP contribution in [0, 0.1) is 5.92 Å². The number of anilines is 1. The van der Waals surface area contributed by atoms with Gasteiger partial charge >= 0.3 is 0 Å². The number of amides is 1. The van der Waals surface area contributed by atoms with Gasteiger partial charge in [-0.3, -0.25) is 14.4 Å². The number of nitrogens with zero attached hydrogens (tertiary/aromatic N) is 1. The number of epoxide rings is 1. The second-order valence-electron chi connectivity index (χ2n) is 7.61. The van der Waals surface area contributed by atoms with E-state index in [9.17, 15) is 9.59 Å². The van der Waals surface area contributed by atoms with Gasteiger partial charge in [0.25, 0.3) is 5.91 Å². The van der Waals surface area contributed by atoms with Crippen LogP contribution in [0.3, 0.4) is 0 Å². The maximum atomic E-state index is 13.5. The first-order valence-corrected chi connectivity index (χ1v) is 9.08. The van der Waals surface area contributed by atoms with Crippen LogP contribution in [0.2, 0.25) is 0 Å². The SMILES string of the molecule is CCC(=O)[C@]12O[C@H]1[C@@H]1OC[C@H]2[C@@H](N)C[C@@]12C(=O)N(OC)c1ccccc12. The Balaban J connectivity index is 1.70. The van der Waals surface area contributed by atoms with E-state index in [-0.39, 0.29) is 23.7 Å². The van der Waals surface area contributed by atoms with E-state index < -0.39 is 23.2 Å². The number of carbonyl (C=O) groups excluding carboxylic acids is 2. The van der Waals surface area contributed by atoms with Gasteiger partial charge < -0.3 is 15.2 Å². The monoisotopic (exact) mass is 358 g/mol. The minimum atomic E-state index is -0.988. The first kappa shape index (κ1) is 16.4. The highest BCUT2D eigenvalue weighted by atomic mass is 16.7. The first-order chi connectivity index (χ1) is 12.5. The average molecular weight is 358 g/mol. The fourth-order valence-corrected chi connectivity index (χ4v) is 5.45. The molecule has 3 saturated heterocycles. The number of fused-ring (bicyclic) bond motifs is 3. The van der Waals surface area contributed by atoms with Gasteiger partial charge in [-0.1, -0.05) is 25.1 Å². The number of hydroxylamine groups is 1. The Bertz CT molecular complexity index is 813. The molecule has 1 amide bonds. The maximum Gasteiger partial charge on any atom is 0.264 e. The Kier molecular flexibility index (Phi) is 3.23. The fraction of sp³-hybridized carbons (Fsp3) is 0.579. The summed E-state index contributed by atoms with van der Waals surface area (Å²) >= 11 is 0. The van der Waals surface area contributed by atoms with Crippen molar-refractivity contribution in [3.8, 4) is 0 Å². The van der Waals surface area contributed by atoms with Crippen molar-refractivity contribution in [3.05, 3.63) is 29.8 Å². The summed E-state index contributed by atoms with van der Waals surface area (Å²) < 4.78 is 12.2. The molecule has 0 unspecified atom stereocenters. The highest BCUT2D eigenvalue weighted by molar-refractivity contribution is 6.08. The van der Waals surface area contributed by atoms with Crippen molar-refractivity contribution >= 4 is 17.4 Å². The quantitative estimate of drug-likeness (QED) is 0.799. The van der Waals surface area contributed by atoms with E-state index in [2.05, 4.69) is 0 Å². The van der Waals surface area contributed by atoms with E-state index in [0.29, 0.717) is 25.1 Å². The van der Waals surface area contributed by atoms with Gasteiger partial charge in [0.1, 0.15) is 17.6 Å². The molecule has 26 heavy (non-hydrogen) atoms. The summed E-state index contributed by atoms with van der Waals surface area (Å²) in [5, 5.41) is 1.32. The number of benzene rings is 1. The van der Waals surface area contributed by atoms with E-state index in [1.54, 1.807) is 0 Å². The molecule has 0 radical (unpaired) electrons. The van der Waals surface area contributed by atoms with Crippen LogP contribution in [0.4, 0.5) is 5.69 Å². The molecule has 0 aromatic heterocycles. The molecule has 6 atom stereocenters. The van der Waals surface area contributed by atoms with Crippen LogP contribution in [-0.2, 0) is 29.3 Å². The number of ketones is 1. The van der Waals surface area contributed by atoms with E-state index in [4.69, 9.17) is 20.0 Å². The zero-order chi connectivity index (χ0) is 18.3. The topological polar surface area (TPSA) is 94.4 Å². The number of Topliss-reactive ketones (excluding diaryl/α,β-unsaturated/α-hetero) is 1. The number of nitrogens with two attached hydrogens (primary N) is 1. The normalized spacial score (nSPS) is 42.6. The zero-order valence-electron chi connectivity index (χ0n) is 14.8. The number of para-hydroxylation sites is 1. The van der Waals surface area contributed by atoms with Crippen LogP contribution in [0.25, 0.3) is 0 Å². The molecule has 138 valence electrons. The van der Waals surface area contributed by atoms with Gasteiger partial charge in [0, 0.05) is 18.4 Å². The molecule has 1 aliphatic carbocycles. The van der Waals surface area contributed by atoms with Gasteiger partial charge in [0.05, 0.1) is 19.4 Å². The van der Waals surface area contributed by atoms with Crippen molar-refractivity contribution in [2.45, 2.75) is 49.0 Å². The van der Waals surface area contributed by atoms with Crippen LogP contribution in [-0.4, -0.2) is 49.3 Å². The molecular weight excluding hydrogens is 336 g/mol. The first-order valence-electron chi connectivity index (χ1n) is 9.08. The second-order valence-corrected chi connectivity index (χ2v) is 7.61. The predicted octanol–water partition coefficient (Wildman–Crippen LogP) is 0.695. The molecule has 7 heteroatoms. The third kappa shape index (κ3) is 1.63. The lowest BCUT2D eigenvalue weighted by Gasteiger charge is -2.35. The molecule has 5 aliphatic rings. The lowest BCUT2D eigenvalue weighted by Crippen LogP contribution is -2.54. The summed E-state index contributed by atoms with van der Waals surface area (Å²) in [7, 11) is 1.47. The molecule has 2 N–H and O–H groups in total. The predicted molar refractivity (Wildman–Crippen MR) is 91.3 cm³/mol. The van der Waals surface area contributed by atoms with Gasteiger partial charge in [-0.2, -0.15) is 5.06 Å². The number of rotatable bonds is 3. The third-order valence-corrected chi connectivity index (χ3v) is 6.64. The number of carbonyl (C=O) groups is 2. The molecule has 7 nitrogen and oxygen atoms in total. The van der Waals surface area contributed by atoms with Crippen LogP contribution in [0.5, 0.6) is 0 Å². The Labute approximate surface area is 151 Å². The lowest BCUT2D eigenvalue weighted by atomic mass is 9.72. The number of ether oxygens (including phenoxy) is 2. The summed E-state index contributed by atoms with van der Waals surface area (Å²) in [6, 6.07) is 7.16. The number of hydrogen-bond donors (Lipinski definition) is 1. The smallest absolute Gasteiger partial charge is 0.264 e. The Morgan fingerprint density at radius 2 is 2.15 bits per heavy atom. The molecule has 1 aromatic carbocycles. The van der Waals surface area contributed by atoms with Gasteiger partial charge in [-0.15, -0.1) is 0 Å². The summed E-state index contributed by atoms with van der Waals surface area (Å²) in [6.07, 6.45) is -0.183. The van der Waals surface area contributed by atoms with E-state index in [1.165, 1.54) is 12.2 Å². The Morgan fingerprint density at radius 1 is 1.38 bits per heavy atom. The minimum Gasteiger partial charge on any atom is -0.373 e. The second kappa shape index (κ2) is 5.13. The molecule has 6 rings (SSSR count). The summed E-state index contributed by atoms with van der Waals surface area (Å²) in [5.41, 5.74) is 6.21. The van der Waals surface area contributed by atoms with Gasteiger partial charge in [0.2, 0.25) is 0 Å². The molecular formula is C19H22N2O5. The van der Waals surface area contributed by atoms with Gasteiger partial charge in [-0.25, -0.2) is 0 Å². The molecule has 4 heterocycles. The van der Waals surface area contributed by atoms with Crippen molar-refractivity contribution in [1.29, 1.82) is 0 Å². The highest BCUT2D eigenvalue weighted by Gasteiger charge is 2.79. The highest BCUT2D eigenvalue weighted by Crippen LogP contribution is 2.62. The third-order valence-electron chi connectivity index (χ3n) is 6.64. The van der Waals surface area contributed by atoms with Crippen molar-refractivity contribution in [2.24, 2.45) is 11.7 Å². The fourth-order valence-electron chi connectivity index (χ4n) is 5.45. The van der Waals surface area contributed by atoms with Gasteiger partial charge in [-0.05, 0) is 18.1 Å². The van der Waals surface area contributed by atoms with Crippen LogP contribution < -0.4 is 10.8 Å². The summed E-state index contributed by atoms with van der Waals surface area (Å²) in [5.74, 6) is -0.375. The van der Waals surface area contributed by atoms with Crippen molar-refractivity contribution in [3.63, 3.8) is 0 Å². The van der Waals surface area contributed by atoms with Gasteiger partial charge in [0.15, 0.2) is 11.4 Å². The molecule has 1 aromatic rings. The molecule has 4 aliphatic heterocycles. The maximum absolute atomic E-state index is 13.5. The molecule has 2 bridgehead atoms.